The Morgan fingerprint density at radius 2 is 2.00 bits per heavy atom. The molecule has 2 aromatic rings. The lowest BCUT2D eigenvalue weighted by Gasteiger charge is -1.97. The zero-order valence-corrected chi connectivity index (χ0v) is 8.64. The number of fused-ring (bicyclic) bond motifs is 1. The van der Waals surface area contributed by atoms with E-state index in [0.717, 1.165) is 0 Å². The molecule has 0 spiro atoms. The van der Waals surface area contributed by atoms with E-state index in [0.29, 0.717) is 11.0 Å². The summed E-state index contributed by atoms with van der Waals surface area (Å²) in [5.74, 6) is 0. The number of allylic oxidation sites excluding steroid dienone is 1. The van der Waals surface area contributed by atoms with E-state index in [2.05, 4.69) is 9.97 Å². The van der Waals surface area contributed by atoms with Gasteiger partial charge in [0.05, 0.1) is 11.0 Å². The van der Waals surface area contributed by atoms with E-state index in [1.807, 2.05) is 0 Å². The first kappa shape index (κ1) is 10.6. The molecule has 0 aliphatic rings. The monoisotopic (exact) mass is 222 g/mol. The lowest BCUT2D eigenvalue weighted by atomic mass is 10.2. The molecule has 0 amide bonds. The number of hydrogen-bond acceptors (Lipinski definition) is 4. The van der Waals surface area contributed by atoms with Crippen LogP contribution in [0.5, 0.6) is 0 Å². The van der Waals surface area contributed by atoms with Gasteiger partial charge in [-0.25, -0.2) is 4.98 Å². The highest BCUT2D eigenvalue weighted by atomic mass is 16.1. The van der Waals surface area contributed by atoms with Crippen LogP contribution in [0.15, 0.2) is 34.6 Å². The van der Waals surface area contributed by atoms with Crippen LogP contribution in [0, 0.1) is 22.7 Å². The molecule has 1 N–H and O–H groups in total. The van der Waals surface area contributed by atoms with Crippen LogP contribution in [0.3, 0.4) is 0 Å². The Morgan fingerprint density at radius 1 is 1.29 bits per heavy atom. The van der Waals surface area contributed by atoms with Crippen molar-refractivity contribution in [2.75, 3.05) is 0 Å². The third kappa shape index (κ3) is 2.04. The van der Waals surface area contributed by atoms with Crippen molar-refractivity contribution in [1.82, 2.24) is 9.97 Å². The Balaban J connectivity index is 2.69. The first-order chi connectivity index (χ1) is 8.24. The molecule has 5 heteroatoms. The minimum Gasteiger partial charge on any atom is -0.319 e. The number of H-pyrrole nitrogens is 1. The Labute approximate surface area is 96.3 Å². The topological polar surface area (TPSA) is 93.3 Å². The van der Waals surface area contributed by atoms with Crippen molar-refractivity contribution in [3.05, 3.63) is 45.9 Å². The Hall–Kier alpha value is -2.92. The molecule has 0 saturated heterocycles. The maximum atomic E-state index is 11.6. The van der Waals surface area contributed by atoms with E-state index < -0.39 is 5.56 Å². The molecule has 0 aliphatic carbocycles. The predicted molar refractivity (Wildman–Crippen MR) is 61.6 cm³/mol. The summed E-state index contributed by atoms with van der Waals surface area (Å²) in [6.45, 7) is 0. The zero-order valence-electron chi connectivity index (χ0n) is 8.64. The Morgan fingerprint density at radius 3 is 2.71 bits per heavy atom. The van der Waals surface area contributed by atoms with Crippen LogP contribution in [-0.2, 0) is 0 Å². The molecule has 2 rings (SSSR count). The van der Waals surface area contributed by atoms with Crippen molar-refractivity contribution in [1.29, 1.82) is 10.5 Å². The summed E-state index contributed by atoms with van der Waals surface area (Å²) >= 11 is 0. The lowest BCUT2D eigenvalue weighted by Crippen LogP contribution is -2.11. The van der Waals surface area contributed by atoms with E-state index in [-0.39, 0.29) is 11.3 Å². The molecule has 1 heterocycles. The number of nitrogens with one attached hydrogen (secondary N) is 1. The molecular formula is C12H6N4O. The van der Waals surface area contributed by atoms with Crippen LogP contribution < -0.4 is 5.56 Å². The summed E-state index contributed by atoms with van der Waals surface area (Å²) in [5.41, 5.74) is 0.700. The van der Waals surface area contributed by atoms with E-state index in [4.69, 9.17) is 10.5 Å². The maximum Gasteiger partial charge on any atom is 0.274 e. The van der Waals surface area contributed by atoms with Crippen molar-refractivity contribution in [2.24, 2.45) is 0 Å². The van der Waals surface area contributed by atoms with Gasteiger partial charge < -0.3 is 4.98 Å². The van der Waals surface area contributed by atoms with Crippen LogP contribution in [0.25, 0.3) is 17.1 Å². The normalized spacial score (nSPS) is 9.29. The number of hydrogen-bond donors (Lipinski definition) is 1. The van der Waals surface area contributed by atoms with Gasteiger partial charge >= 0.3 is 0 Å². The SMILES string of the molecule is N#CC(C#N)=Cc1nc2ccccc2[nH]c1=O. The van der Waals surface area contributed by atoms with Crippen LogP contribution in [0.1, 0.15) is 5.69 Å². The molecular weight excluding hydrogens is 216 g/mol. The largest absolute Gasteiger partial charge is 0.319 e. The molecule has 0 unspecified atom stereocenters. The molecule has 1 aromatic carbocycles. The average molecular weight is 222 g/mol. The number of benzene rings is 1. The number of rotatable bonds is 1. The van der Waals surface area contributed by atoms with Crippen LogP contribution in [-0.4, -0.2) is 9.97 Å². The summed E-state index contributed by atoms with van der Waals surface area (Å²) in [5, 5.41) is 17.2. The maximum absolute atomic E-state index is 11.6. The smallest absolute Gasteiger partial charge is 0.274 e. The molecule has 80 valence electrons. The second kappa shape index (κ2) is 4.30. The van der Waals surface area contributed by atoms with E-state index in [1.165, 1.54) is 6.08 Å². The van der Waals surface area contributed by atoms with Crippen LogP contribution in [0.4, 0.5) is 0 Å². The lowest BCUT2D eigenvalue weighted by molar-refractivity contribution is 1.19. The number of nitrogens with zero attached hydrogens (tertiary/aromatic N) is 3. The van der Waals surface area contributed by atoms with E-state index in [9.17, 15) is 4.79 Å². The number of nitriles is 2. The standard InChI is InChI=1S/C12H6N4O/c13-6-8(7-14)5-11-12(17)16-10-4-2-1-3-9(10)15-11/h1-5H,(H,16,17). The van der Waals surface area contributed by atoms with Crippen molar-refractivity contribution >= 4 is 17.1 Å². The molecule has 0 aliphatic heterocycles. The van der Waals surface area contributed by atoms with Gasteiger partial charge in [0.15, 0.2) is 0 Å². The fourth-order valence-corrected chi connectivity index (χ4v) is 1.37. The summed E-state index contributed by atoms with van der Waals surface area (Å²) in [6, 6.07) is 10.4. The highest BCUT2D eigenvalue weighted by molar-refractivity contribution is 5.75. The Kier molecular flexibility index (Phi) is 2.68. The summed E-state index contributed by atoms with van der Waals surface area (Å²) in [7, 11) is 0. The highest BCUT2D eigenvalue weighted by Crippen LogP contribution is 2.07. The van der Waals surface area contributed by atoms with Crippen molar-refractivity contribution in [3.8, 4) is 12.1 Å². The summed E-state index contributed by atoms with van der Waals surface area (Å²) < 4.78 is 0. The number of aromatic nitrogens is 2. The Bertz CT molecular complexity index is 727. The average Bonchev–Trinajstić information content (AvgIpc) is 2.36. The second-order valence-electron chi connectivity index (χ2n) is 3.25. The molecule has 17 heavy (non-hydrogen) atoms. The fourth-order valence-electron chi connectivity index (χ4n) is 1.37. The van der Waals surface area contributed by atoms with Gasteiger partial charge in [-0.3, -0.25) is 4.79 Å². The molecule has 0 atom stereocenters. The molecule has 0 fully saturated rings. The predicted octanol–water partition coefficient (Wildman–Crippen LogP) is 1.35. The third-order valence-corrected chi connectivity index (χ3v) is 2.15. The number of para-hydroxylation sites is 2. The third-order valence-electron chi connectivity index (χ3n) is 2.15. The zero-order chi connectivity index (χ0) is 12.3. The number of aromatic amines is 1. The van der Waals surface area contributed by atoms with Crippen LogP contribution >= 0.6 is 0 Å². The van der Waals surface area contributed by atoms with Gasteiger partial charge in [-0.15, -0.1) is 0 Å². The highest BCUT2D eigenvalue weighted by Gasteiger charge is 2.03. The van der Waals surface area contributed by atoms with Gasteiger partial charge in [-0.2, -0.15) is 10.5 Å². The van der Waals surface area contributed by atoms with Crippen molar-refractivity contribution < 1.29 is 0 Å². The van der Waals surface area contributed by atoms with Gasteiger partial charge in [0, 0.05) is 0 Å². The molecule has 5 nitrogen and oxygen atoms in total. The summed E-state index contributed by atoms with van der Waals surface area (Å²) in [4.78, 5) is 18.3. The molecule has 1 aromatic heterocycles. The quantitative estimate of drug-likeness (QED) is 0.737. The van der Waals surface area contributed by atoms with Gasteiger partial charge in [0.25, 0.3) is 5.56 Å². The van der Waals surface area contributed by atoms with Gasteiger partial charge in [-0.05, 0) is 18.2 Å². The second-order valence-corrected chi connectivity index (χ2v) is 3.25. The summed E-state index contributed by atoms with van der Waals surface area (Å²) in [6.07, 6.45) is 1.17. The first-order valence-electron chi connectivity index (χ1n) is 4.75. The minimum atomic E-state index is -0.424. The molecule has 0 saturated carbocycles. The molecule has 0 radical (unpaired) electrons. The first-order valence-corrected chi connectivity index (χ1v) is 4.75. The molecule has 0 bridgehead atoms. The van der Waals surface area contributed by atoms with Gasteiger partial charge in [-0.1, -0.05) is 12.1 Å². The fraction of sp³-hybridized carbons (Fsp3) is 0. The van der Waals surface area contributed by atoms with E-state index >= 15 is 0 Å². The van der Waals surface area contributed by atoms with Crippen molar-refractivity contribution in [2.45, 2.75) is 0 Å². The van der Waals surface area contributed by atoms with Gasteiger partial charge in [0.1, 0.15) is 23.4 Å². The van der Waals surface area contributed by atoms with Gasteiger partial charge in [0.2, 0.25) is 0 Å². The minimum absolute atomic E-state index is 0.0572. The van der Waals surface area contributed by atoms with Crippen LogP contribution in [0.2, 0.25) is 0 Å². The van der Waals surface area contributed by atoms with Crippen molar-refractivity contribution in [3.63, 3.8) is 0 Å². The van der Waals surface area contributed by atoms with E-state index in [1.54, 1.807) is 36.4 Å².